The van der Waals surface area contributed by atoms with Crippen LogP contribution in [0.3, 0.4) is 0 Å². The van der Waals surface area contributed by atoms with E-state index >= 15 is 0 Å². The zero-order valence-corrected chi connectivity index (χ0v) is 18.0. The molecule has 0 aliphatic rings. The van der Waals surface area contributed by atoms with Crippen molar-refractivity contribution in [3.05, 3.63) is 65.0 Å². The van der Waals surface area contributed by atoms with E-state index in [-0.39, 0.29) is 12.5 Å². The average Bonchev–Trinajstić information content (AvgIpc) is 3.34. The minimum atomic E-state index is -0.152. The number of carbonyl (C=O) groups excluding carboxylic acids is 1. The first-order chi connectivity index (χ1) is 14.5. The van der Waals surface area contributed by atoms with Crippen LogP contribution in [0.25, 0.3) is 15.5 Å². The number of carbonyl (C=O) groups is 1. The van der Waals surface area contributed by atoms with E-state index in [1.807, 2.05) is 63.2 Å². The van der Waals surface area contributed by atoms with Crippen LogP contribution in [0.1, 0.15) is 29.4 Å². The van der Waals surface area contributed by atoms with Crippen molar-refractivity contribution in [3.8, 4) is 16.3 Å². The first-order valence-corrected chi connectivity index (χ1v) is 10.6. The Balaban J connectivity index is 1.33. The summed E-state index contributed by atoms with van der Waals surface area (Å²) in [6.45, 7) is 6.49. The van der Waals surface area contributed by atoms with E-state index in [9.17, 15) is 4.79 Å². The second-order valence-electron chi connectivity index (χ2n) is 7.03. The molecular weight excluding hydrogens is 398 g/mol. The molecule has 0 aliphatic carbocycles. The van der Waals surface area contributed by atoms with Gasteiger partial charge in [-0.3, -0.25) is 4.79 Å². The molecular formula is C22H23N5O2S. The number of hydrogen-bond donors (Lipinski definition) is 1. The zero-order chi connectivity index (χ0) is 21.1. The van der Waals surface area contributed by atoms with Gasteiger partial charge in [0.1, 0.15) is 10.8 Å². The smallest absolute Gasteiger partial charge is 0.258 e. The van der Waals surface area contributed by atoms with Crippen LogP contribution in [0.2, 0.25) is 0 Å². The average molecular weight is 422 g/mol. The summed E-state index contributed by atoms with van der Waals surface area (Å²) in [5.74, 6) is 1.45. The second kappa shape index (κ2) is 8.62. The lowest BCUT2D eigenvalue weighted by atomic mass is 10.1. The molecule has 2 aromatic carbocycles. The molecule has 0 fully saturated rings. The third-order valence-electron chi connectivity index (χ3n) is 4.98. The minimum absolute atomic E-state index is 0.00488. The summed E-state index contributed by atoms with van der Waals surface area (Å²) in [5, 5.41) is 16.7. The van der Waals surface area contributed by atoms with Gasteiger partial charge in [-0.2, -0.15) is 9.61 Å². The van der Waals surface area contributed by atoms with Crippen molar-refractivity contribution in [1.82, 2.24) is 25.1 Å². The van der Waals surface area contributed by atoms with E-state index in [1.165, 1.54) is 11.3 Å². The number of nitrogens with one attached hydrogen (secondary N) is 1. The van der Waals surface area contributed by atoms with Crippen LogP contribution in [-0.4, -0.2) is 32.3 Å². The number of rotatable bonds is 7. The molecule has 2 heterocycles. The SMILES string of the molecule is CCc1nnc2sc(-c3ccc(CNC(=O)COc4cccc(C)c4C)cc3)nn12. The Labute approximate surface area is 178 Å². The lowest BCUT2D eigenvalue weighted by molar-refractivity contribution is -0.123. The molecule has 0 spiro atoms. The van der Waals surface area contributed by atoms with Crippen LogP contribution in [0.4, 0.5) is 0 Å². The Hall–Kier alpha value is -3.26. The van der Waals surface area contributed by atoms with E-state index in [0.29, 0.717) is 6.54 Å². The van der Waals surface area contributed by atoms with Crippen molar-refractivity contribution >= 4 is 22.2 Å². The Morgan fingerprint density at radius 2 is 1.93 bits per heavy atom. The summed E-state index contributed by atoms with van der Waals surface area (Å²) in [6, 6.07) is 13.8. The summed E-state index contributed by atoms with van der Waals surface area (Å²) in [4.78, 5) is 12.9. The first-order valence-electron chi connectivity index (χ1n) is 9.81. The van der Waals surface area contributed by atoms with Crippen LogP contribution in [-0.2, 0) is 17.8 Å². The molecule has 7 nitrogen and oxygen atoms in total. The predicted octanol–water partition coefficient (Wildman–Crippen LogP) is 3.73. The predicted molar refractivity (Wildman–Crippen MR) is 117 cm³/mol. The highest BCUT2D eigenvalue weighted by Gasteiger charge is 2.12. The van der Waals surface area contributed by atoms with Crippen LogP contribution >= 0.6 is 11.3 Å². The Morgan fingerprint density at radius 3 is 2.70 bits per heavy atom. The van der Waals surface area contributed by atoms with Crippen LogP contribution in [0.15, 0.2) is 42.5 Å². The molecule has 8 heteroatoms. The molecule has 1 N–H and O–H groups in total. The van der Waals surface area contributed by atoms with Gasteiger partial charge in [0.25, 0.3) is 5.91 Å². The van der Waals surface area contributed by atoms with Gasteiger partial charge in [0, 0.05) is 18.5 Å². The molecule has 0 unspecified atom stereocenters. The van der Waals surface area contributed by atoms with Gasteiger partial charge in [0.2, 0.25) is 4.96 Å². The first kappa shape index (κ1) is 20.0. The van der Waals surface area contributed by atoms with E-state index in [1.54, 1.807) is 4.52 Å². The van der Waals surface area contributed by atoms with Crippen molar-refractivity contribution in [3.63, 3.8) is 0 Å². The van der Waals surface area contributed by atoms with Gasteiger partial charge in [-0.15, -0.1) is 10.2 Å². The maximum atomic E-state index is 12.1. The Morgan fingerprint density at radius 1 is 1.13 bits per heavy atom. The number of ether oxygens (including phenoxy) is 1. The third kappa shape index (κ3) is 4.18. The molecule has 30 heavy (non-hydrogen) atoms. The quantitative estimate of drug-likeness (QED) is 0.492. The summed E-state index contributed by atoms with van der Waals surface area (Å²) >= 11 is 1.51. The summed E-state index contributed by atoms with van der Waals surface area (Å²) < 4.78 is 7.45. The maximum absolute atomic E-state index is 12.1. The van der Waals surface area contributed by atoms with E-state index in [0.717, 1.165) is 50.2 Å². The topological polar surface area (TPSA) is 81.4 Å². The number of aromatic nitrogens is 4. The van der Waals surface area contributed by atoms with Gasteiger partial charge < -0.3 is 10.1 Å². The van der Waals surface area contributed by atoms with Crippen molar-refractivity contribution in [1.29, 1.82) is 0 Å². The molecule has 4 rings (SSSR count). The molecule has 0 aliphatic heterocycles. The third-order valence-corrected chi connectivity index (χ3v) is 5.92. The van der Waals surface area contributed by atoms with Gasteiger partial charge in [0.15, 0.2) is 12.4 Å². The largest absolute Gasteiger partial charge is 0.483 e. The summed E-state index contributed by atoms with van der Waals surface area (Å²) in [6.07, 6.45) is 0.788. The van der Waals surface area contributed by atoms with Crippen molar-refractivity contribution in [2.24, 2.45) is 0 Å². The lowest BCUT2D eigenvalue weighted by Gasteiger charge is -2.11. The van der Waals surface area contributed by atoms with Crippen molar-refractivity contribution < 1.29 is 9.53 Å². The highest BCUT2D eigenvalue weighted by atomic mass is 32.1. The second-order valence-corrected chi connectivity index (χ2v) is 7.99. The van der Waals surface area contributed by atoms with Gasteiger partial charge in [0.05, 0.1) is 0 Å². The molecule has 0 radical (unpaired) electrons. The number of nitrogens with zero attached hydrogens (tertiary/aromatic N) is 4. The number of aryl methyl sites for hydroxylation is 2. The molecule has 0 saturated carbocycles. The Kier molecular flexibility index (Phi) is 5.76. The molecule has 154 valence electrons. The molecule has 2 aromatic heterocycles. The fraction of sp³-hybridized carbons (Fsp3) is 0.273. The van der Waals surface area contributed by atoms with Crippen molar-refractivity contribution in [2.45, 2.75) is 33.7 Å². The van der Waals surface area contributed by atoms with E-state index in [2.05, 4.69) is 20.6 Å². The zero-order valence-electron chi connectivity index (χ0n) is 17.2. The number of amides is 1. The molecule has 1 amide bonds. The minimum Gasteiger partial charge on any atom is -0.483 e. The fourth-order valence-electron chi connectivity index (χ4n) is 3.04. The molecule has 0 atom stereocenters. The van der Waals surface area contributed by atoms with Gasteiger partial charge in [-0.05, 0) is 36.6 Å². The maximum Gasteiger partial charge on any atom is 0.258 e. The van der Waals surface area contributed by atoms with E-state index in [4.69, 9.17) is 4.74 Å². The highest BCUT2D eigenvalue weighted by molar-refractivity contribution is 7.19. The van der Waals surface area contributed by atoms with E-state index < -0.39 is 0 Å². The standard InChI is InChI=1S/C22H23N5O2S/c1-4-19-24-25-22-27(19)26-21(30-22)17-10-8-16(9-11-17)12-23-20(28)13-29-18-7-5-6-14(2)15(18)3/h5-11H,4,12-13H2,1-3H3,(H,23,28). The number of hydrogen-bond acceptors (Lipinski definition) is 6. The monoisotopic (exact) mass is 421 g/mol. The molecule has 0 saturated heterocycles. The number of benzene rings is 2. The van der Waals surface area contributed by atoms with Crippen molar-refractivity contribution in [2.75, 3.05) is 6.61 Å². The highest BCUT2D eigenvalue weighted by Crippen LogP contribution is 2.26. The summed E-state index contributed by atoms with van der Waals surface area (Å²) in [5.41, 5.74) is 4.22. The Bertz CT molecular complexity index is 1180. The van der Waals surface area contributed by atoms with Crippen LogP contribution in [0, 0.1) is 13.8 Å². The summed E-state index contributed by atoms with van der Waals surface area (Å²) in [7, 11) is 0. The van der Waals surface area contributed by atoms with Gasteiger partial charge in [-0.1, -0.05) is 54.7 Å². The van der Waals surface area contributed by atoms with Gasteiger partial charge in [-0.25, -0.2) is 0 Å². The van der Waals surface area contributed by atoms with Crippen LogP contribution in [0.5, 0.6) is 5.75 Å². The molecule has 4 aromatic rings. The van der Waals surface area contributed by atoms with Gasteiger partial charge >= 0.3 is 0 Å². The molecule has 0 bridgehead atoms. The normalized spacial score (nSPS) is 11.0. The fourth-order valence-corrected chi connectivity index (χ4v) is 3.90. The van der Waals surface area contributed by atoms with Crippen LogP contribution < -0.4 is 10.1 Å². The lowest BCUT2D eigenvalue weighted by Crippen LogP contribution is -2.28. The number of fused-ring (bicyclic) bond motifs is 1.